The lowest BCUT2D eigenvalue weighted by Gasteiger charge is -2.45. The molecule has 6 heteroatoms. The molecule has 0 spiro atoms. The summed E-state index contributed by atoms with van der Waals surface area (Å²) in [7, 11) is 1.68. The van der Waals surface area contributed by atoms with Crippen LogP contribution in [-0.4, -0.2) is 56.6 Å². The van der Waals surface area contributed by atoms with Gasteiger partial charge in [0.1, 0.15) is 0 Å². The summed E-state index contributed by atoms with van der Waals surface area (Å²) in [6.07, 6.45) is 5.57. The van der Waals surface area contributed by atoms with Gasteiger partial charge < -0.3 is 20.7 Å². The molecule has 1 aliphatic carbocycles. The molecule has 0 aromatic carbocycles. The van der Waals surface area contributed by atoms with Crippen LogP contribution in [0.3, 0.4) is 0 Å². The number of hydrogen-bond donors (Lipinski definition) is 2. The maximum atomic E-state index is 12.9. The van der Waals surface area contributed by atoms with E-state index in [-0.39, 0.29) is 23.1 Å². The number of carbonyl (C=O) groups excluding carboxylic acids is 2. The molecule has 2 fully saturated rings. The number of nitrogens with one attached hydrogen (secondary N) is 1. The summed E-state index contributed by atoms with van der Waals surface area (Å²) < 4.78 is 5.17. The van der Waals surface area contributed by atoms with E-state index < -0.39 is 0 Å². The Bertz CT molecular complexity index is 396. The van der Waals surface area contributed by atoms with Gasteiger partial charge in [0.25, 0.3) is 0 Å². The molecule has 1 unspecified atom stereocenters. The van der Waals surface area contributed by atoms with E-state index in [1.807, 2.05) is 4.90 Å². The smallest absolute Gasteiger partial charge is 0.228 e. The highest BCUT2D eigenvalue weighted by molar-refractivity contribution is 5.85. The van der Waals surface area contributed by atoms with Crippen LogP contribution in [0.25, 0.3) is 0 Å². The maximum Gasteiger partial charge on any atom is 0.228 e. The second kappa shape index (κ2) is 7.92. The predicted octanol–water partition coefficient (Wildman–Crippen LogP) is 0.507. The standard InChI is InChI=1S/C16H29N3O3/c1-22-11-7-16(5-3-6-16)15(21)19-10-2-4-13(12-19)14(20)18-9-8-17/h13H,2-12,17H2,1H3,(H,18,20). The Morgan fingerprint density at radius 2 is 2.14 bits per heavy atom. The van der Waals surface area contributed by atoms with Crippen molar-refractivity contribution in [3.8, 4) is 0 Å². The number of carbonyl (C=O) groups is 2. The molecule has 0 aromatic rings. The SMILES string of the molecule is COCCC1(C(=O)N2CCCC(C(=O)NCCN)C2)CCC1. The zero-order valence-electron chi connectivity index (χ0n) is 13.6. The van der Waals surface area contributed by atoms with Crippen LogP contribution in [0.5, 0.6) is 0 Å². The average molecular weight is 311 g/mol. The fourth-order valence-corrected chi connectivity index (χ4v) is 3.52. The van der Waals surface area contributed by atoms with Crippen molar-refractivity contribution in [2.75, 3.05) is 39.9 Å². The van der Waals surface area contributed by atoms with Crippen molar-refractivity contribution in [1.82, 2.24) is 10.2 Å². The second-order valence-electron chi connectivity index (χ2n) is 6.55. The summed E-state index contributed by atoms with van der Waals surface area (Å²) in [6.45, 7) is 2.89. The Kier molecular flexibility index (Phi) is 6.20. The number of hydrogen-bond acceptors (Lipinski definition) is 4. The molecule has 1 saturated heterocycles. The van der Waals surface area contributed by atoms with Crippen molar-refractivity contribution < 1.29 is 14.3 Å². The minimum Gasteiger partial charge on any atom is -0.385 e. The average Bonchev–Trinajstić information content (AvgIpc) is 2.51. The number of nitrogens with zero attached hydrogens (tertiary/aromatic N) is 1. The zero-order valence-corrected chi connectivity index (χ0v) is 13.6. The highest BCUT2D eigenvalue weighted by atomic mass is 16.5. The summed E-state index contributed by atoms with van der Waals surface area (Å²) in [6, 6.07) is 0. The number of amides is 2. The summed E-state index contributed by atoms with van der Waals surface area (Å²) in [5.74, 6) is 0.165. The van der Waals surface area contributed by atoms with E-state index in [1.165, 1.54) is 0 Å². The Morgan fingerprint density at radius 3 is 2.73 bits per heavy atom. The van der Waals surface area contributed by atoms with Gasteiger partial charge in [0.15, 0.2) is 0 Å². The number of ether oxygens (including phenoxy) is 1. The fourth-order valence-electron chi connectivity index (χ4n) is 3.52. The molecule has 1 aliphatic heterocycles. The van der Waals surface area contributed by atoms with Crippen molar-refractivity contribution in [2.45, 2.75) is 38.5 Å². The third-order valence-electron chi connectivity index (χ3n) is 5.07. The van der Waals surface area contributed by atoms with Crippen LogP contribution in [0, 0.1) is 11.3 Å². The number of methoxy groups -OCH3 is 1. The Labute approximate surface area is 132 Å². The van der Waals surface area contributed by atoms with Gasteiger partial charge in [-0.25, -0.2) is 0 Å². The Hall–Kier alpha value is -1.14. The lowest BCUT2D eigenvalue weighted by molar-refractivity contribution is -0.151. The van der Waals surface area contributed by atoms with Crippen LogP contribution < -0.4 is 11.1 Å². The van der Waals surface area contributed by atoms with Gasteiger partial charge in [0, 0.05) is 39.9 Å². The molecule has 2 amide bonds. The number of piperidine rings is 1. The summed E-state index contributed by atoms with van der Waals surface area (Å²) in [5.41, 5.74) is 5.19. The number of likely N-dealkylation sites (tertiary alicyclic amines) is 1. The van der Waals surface area contributed by atoms with E-state index in [9.17, 15) is 9.59 Å². The molecular formula is C16H29N3O3. The van der Waals surface area contributed by atoms with Crippen LogP contribution in [-0.2, 0) is 14.3 Å². The van der Waals surface area contributed by atoms with E-state index in [2.05, 4.69) is 5.32 Å². The lowest BCUT2D eigenvalue weighted by Crippen LogP contribution is -2.53. The van der Waals surface area contributed by atoms with Gasteiger partial charge >= 0.3 is 0 Å². The topological polar surface area (TPSA) is 84.7 Å². The molecule has 6 nitrogen and oxygen atoms in total. The second-order valence-corrected chi connectivity index (χ2v) is 6.55. The van der Waals surface area contributed by atoms with E-state index in [1.54, 1.807) is 7.11 Å². The van der Waals surface area contributed by atoms with Crippen molar-refractivity contribution in [3.05, 3.63) is 0 Å². The number of rotatable bonds is 7. The molecule has 1 heterocycles. The van der Waals surface area contributed by atoms with Gasteiger partial charge in [-0.3, -0.25) is 9.59 Å². The van der Waals surface area contributed by atoms with E-state index in [4.69, 9.17) is 10.5 Å². The van der Waals surface area contributed by atoms with Crippen LogP contribution in [0.1, 0.15) is 38.5 Å². The normalized spacial score (nSPS) is 23.7. The molecule has 0 bridgehead atoms. The molecule has 0 aromatic heterocycles. The largest absolute Gasteiger partial charge is 0.385 e. The first-order chi connectivity index (χ1) is 10.6. The Balaban J connectivity index is 1.93. The predicted molar refractivity (Wildman–Crippen MR) is 84.1 cm³/mol. The zero-order chi connectivity index (χ0) is 16.0. The summed E-state index contributed by atoms with van der Waals surface area (Å²) >= 11 is 0. The molecule has 1 atom stereocenters. The monoisotopic (exact) mass is 311 g/mol. The molecule has 0 radical (unpaired) electrons. The molecule has 22 heavy (non-hydrogen) atoms. The number of nitrogens with two attached hydrogens (primary N) is 1. The van der Waals surface area contributed by atoms with Crippen LogP contribution in [0.4, 0.5) is 0 Å². The third-order valence-corrected chi connectivity index (χ3v) is 5.07. The first-order valence-corrected chi connectivity index (χ1v) is 8.39. The summed E-state index contributed by atoms with van der Waals surface area (Å²) in [4.78, 5) is 26.9. The lowest BCUT2D eigenvalue weighted by atomic mass is 9.65. The van der Waals surface area contributed by atoms with E-state index >= 15 is 0 Å². The van der Waals surface area contributed by atoms with Gasteiger partial charge in [-0.05, 0) is 32.1 Å². The maximum absolute atomic E-state index is 12.9. The van der Waals surface area contributed by atoms with Gasteiger partial charge in [-0.1, -0.05) is 6.42 Å². The highest BCUT2D eigenvalue weighted by Gasteiger charge is 2.46. The summed E-state index contributed by atoms with van der Waals surface area (Å²) in [5, 5.41) is 2.84. The Morgan fingerprint density at radius 1 is 1.36 bits per heavy atom. The molecule has 2 rings (SSSR count). The first kappa shape index (κ1) is 17.2. The van der Waals surface area contributed by atoms with Crippen molar-refractivity contribution in [3.63, 3.8) is 0 Å². The minimum atomic E-state index is -0.231. The highest BCUT2D eigenvalue weighted by Crippen LogP contribution is 2.46. The first-order valence-electron chi connectivity index (χ1n) is 8.39. The van der Waals surface area contributed by atoms with Gasteiger partial charge in [0.2, 0.25) is 11.8 Å². The van der Waals surface area contributed by atoms with Crippen LogP contribution in [0.15, 0.2) is 0 Å². The van der Waals surface area contributed by atoms with Crippen LogP contribution in [0.2, 0.25) is 0 Å². The molecule has 126 valence electrons. The van der Waals surface area contributed by atoms with Gasteiger partial charge in [-0.15, -0.1) is 0 Å². The van der Waals surface area contributed by atoms with Gasteiger partial charge in [0.05, 0.1) is 11.3 Å². The van der Waals surface area contributed by atoms with E-state index in [0.29, 0.717) is 26.2 Å². The molecule has 3 N–H and O–H groups in total. The quantitative estimate of drug-likeness (QED) is 0.717. The minimum absolute atomic E-state index is 0.0301. The molecular weight excluding hydrogens is 282 g/mol. The fraction of sp³-hybridized carbons (Fsp3) is 0.875. The van der Waals surface area contributed by atoms with E-state index in [0.717, 1.165) is 45.1 Å². The third kappa shape index (κ3) is 3.79. The van der Waals surface area contributed by atoms with Crippen molar-refractivity contribution in [1.29, 1.82) is 0 Å². The molecule has 2 aliphatic rings. The van der Waals surface area contributed by atoms with Crippen molar-refractivity contribution in [2.24, 2.45) is 17.1 Å². The van der Waals surface area contributed by atoms with Crippen molar-refractivity contribution >= 4 is 11.8 Å². The van der Waals surface area contributed by atoms with Crippen LogP contribution >= 0.6 is 0 Å². The van der Waals surface area contributed by atoms with Gasteiger partial charge in [-0.2, -0.15) is 0 Å². The molecule has 1 saturated carbocycles.